The number of nitrogens with one attached hydrogen (secondary N) is 1. The van der Waals surface area contributed by atoms with Crippen LogP contribution in [0.5, 0.6) is 0 Å². The molecule has 4 heterocycles. The SMILES string of the molecule is CC(NC(=O)C1CN(c2nc(Cl)ncc2Cl)C1)c1cnc2ccccn12. The molecule has 0 radical (unpaired) electrons. The van der Waals surface area contributed by atoms with E-state index in [1.54, 1.807) is 6.20 Å². The summed E-state index contributed by atoms with van der Waals surface area (Å²) in [4.78, 5) is 26.8. The fourth-order valence-corrected chi connectivity index (χ4v) is 3.39. The van der Waals surface area contributed by atoms with Crippen LogP contribution in [0.3, 0.4) is 0 Å². The van der Waals surface area contributed by atoms with Crippen LogP contribution in [0.2, 0.25) is 10.3 Å². The first-order valence-corrected chi connectivity index (χ1v) is 8.94. The number of aromatic nitrogens is 4. The number of hydrogen-bond donors (Lipinski definition) is 1. The van der Waals surface area contributed by atoms with Crippen molar-refractivity contribution in [3.05, 3.63) is 52.8 Å². The zero-order valence-corrected chi connectivity index (χ0v) is 15.4. The van der Waals surface area contributed by atoms with Gasteiger partial charge in [-0.25, -0.2) is 9.97 Å². The molecule has 3 aromatic heterocycles. The van der Waals surface area contributed by atoms with Crippen molar-refractivity contribution < 1.29 is 4.79 Å². The largest absolute Gasteiger partial charge is 0.353 e. The van der Waals surface area contributed by atoms with E-state index in [1.165, 1.54) is 6.20 Å². The molecule has 1 fully saturated rings. The van der Waals surface area contributed by atoms with Gasteiger partial charge in [-0.15, -0.1) is 0 Å². The lowest BCUT2D eigenvalue weighted by atomic mass is 9.98. The smallest absolute Gasteiger partial charge is 0.227 e. The first kappa shape index (κ1) is 17.1. The summed E-state index contributed by atoms with van der Waals surface area (Å²) in [6.45, 7) is 3.03. The van der Waals surface area contributed by atoms with Gasteiger partial charge in [0, 0.05) is 19.3 Å². The fourth-order valence-electron chi connectivity index (χ4n) is 3.05. The van der Waals surface area contributed by atoms with Crippen LogP contribution >= 0.6 is 23.2 Å². The molecule has 7 nitrogen and oxygen atoms in total. The van der Waals surface area contributed by atoms with Crippen LogP contribution < -0.4 is 10.2 Å². The molecule has 0 spiro atoms. The summed E-state index contributed by atoms with van der Waals surface area (Å²) in [6.07, 6.45) is 5.19. The summed E-state index contributed by atoms with van der Waals surface area (Å²) in [7, 11) is 0. The number of fused-ring (bicyclic) bond motifs is 1. The lowest BCUT2D eigenvalue weighted by Crippen LogP contribution is -2.54. The molecule has 1 unspecified atom stereocenters. The molecule has 1 aliphatic heterocycles. The molecule has 1 saturated heterocycles. The highest BCUT2D eigenvalue weighted by atomic mass is 35.5. The third-order valence-electron chi connectivity index (χ3n) is 4.50. The molecule has 26 heavy (non-hydrogen) atoms. The highest BCUT2D eigenvalue weighted by Crippen LogP contribution is 2.30. The van der Waals surface area contributed by atoms with Crippen LogP contribution in [0.15, 0.2) is 36.8 Å². The Kier molecular flexibility index (Phi) is 4.42. The summed E-state index contributed by atoms with van der Waals surface area (Å²) in [5, 5.41) is 3.62. The molecule has 1 aliphatic rings. The number of hydrogen-bond acceptors (Lipinski definition) is 5. The topological polar surface area (TPSA) is 75.4 Å². The Hall–Kier alpha value is -2.38. The number of rotatable bonds is 4. The normalized spacial score (nSPS) is 15.7. The van der Waals surface area contributed by atoms with E-state index in [-0.39, 0.29) is 23.2 Å². The minimum absolute atomic E-state index is 0.00379. The van der Waals surface area contributed by atoms with Gasteiger partial charge >= 0.3 is 0 Å². The summed E-state index contributed by atoms with van der Waals surface area (Å²) in [6, 6.07) is 5.65. The Morgan fingerprint density at radius 1 is 1.27 bits per heavy atom. The molecule has 4 rings (SSSR count). The van der Waals surface area contributed by atoms with Gasteiger partial charge in [-0.3, -0.25) is 4.79 Å². The Labute approximate surface area is 160 Å². The van der Waals surface area contributed by atoms with E-state index in [2.05, 4.69) is 20.3 Å². The van der Waals surface area contributed by atoms with E-state index in [0.717, 1.165) is 11.3 Å². The van der Waals surface area contributed by atoms with Crippen LogP contribution in [0.4, 0.5) is 5.82 Å². The van der Waals surface area contributed by atoms with Crippen molar-refractivity contribution in [3.63, 3.8) is 0 Å². The second-order valence-corrected chi connectivity index (χ2v) is 7.00. The van der Waals surface area contributed by atoms with E-state index < -0.39 is 0 Å². The summed E-state index contributed by atoms with van der Waals surface area (Å²) in [5.41, 5.74) is 1.80. The van der Waals surface area contributed by atoms with Gasteiger partial charge in [-0.1, -0.05) is 17.7 Å². The third-order valence-corrected chi connectivity index (χ3v) is 4.94. The van der Waals surface area contributed by atoms with Gasteiger partial charge in [0.2, 0.25) is 11.2 Å². The standard InChI is InChI=1S/C17H16Cl2N6O/c1-10(13-7-20-14-4-2-3-5-25(13)14)22-16(26)11-8-24(9-11)15-12(18)6-21-17(19)23-15/h2-7,10-11H,8-9H2,1H3,(H,22,26). The van der Waals surface area contributed by atoms with Crippen molar-refractivity contribution in [2.45, 2.75) is 13.0 Å². The highest BCUT2D eigenvalue weighted by molar-refractivity contribution is 6.33. The summed E-state index contributed by atoms with van der Waals surface area (Å²) >= 11 is 11.9. The summed E-state index contributed by atoms with van der Waals surface area (Å²) in [5.74, 6) is 0.433. The molecule has 3 aromatic rings. The van der Waals surface area contributed by atoms with Crippen LogP contribution in [0.1, 0.15) is 18.7 Å². The molecule has 1 N–H and O–H groups in total. The predicted molar refractivity (Wildman–Crippen MR) is 99.5 cm³/mol. The number of anilines is 1. The van der Waals surface area contributed by atoms with Gasteiger partial charge in [-0.2, -0.15) is 4.98 Å². The minimum atomic E-state index is -0.147. The van der Waals surface area contributed by atoms with Gasteiger partial charge in [0.05, 0.1) is 30.0 Å². The molecule has 1 amide bonds. The van der Waals surface area contributed by atoms with E-state index in [4.69, 9.17) is 23.2 Å². The molecule has 0 aromatic carbocycles. The molecule has 1 atom stereocenters. The molecular weight excluding hydrogens is 375 g/mol. The monoisotopic (exact) mass is 390 g/mol. The van der Waals surface area contributed by atoms with Crippen molar-refractivity contribution in [3.8, 4) is 0 Å². The van der Waals surface area contributed by atoms with Gasteiger partial charge in [0.1, 0.15) is 10.7 Å². The average molecular weight is 391 g/mol. The van der Waals surface area contributed by atoms with Crippen LogP contribution in [0, 0.1) is 5.92 Å². The van der Waals surface area contributed by atoms with Gasteiger partial charge < -0.3 is 14.6 Å². The van der Waals surface area contributed by atoms with Gasteiger partial charge in [0.15, 0.2) is 5.82 Å². The van der Waals surface area contributed by atoms with E-state index in [0.29, 0.717) is 23.9 Å². The number of imidazole rings is 1. The Balaban J connectivity index is 1.40. The Morgan fingerprint density at radius 2 is 2.08 bits per heavy atom. The second-order valence-electron chi connectivity index (χ2n) is 6.25. The molecule has 0 aliphatic carbocycles. The fraction of sp³-hybridized carbons (Fsp3) is 0.294. The van der Waals surface area contributed by atoms with Gasteiger partial charge in [0.25, 0.3) is 0 Å². The van der Waals surface area contributed by atoms with Crippen molar-refractivity contribution in [2.24, 2.45) is 5.92 Å². The minimum Gasteiger partial charge on any atom is -0.353 e. The zero-order valence-electron chi connectivity index (χ0n) is 13.9. The maximum atomic E-state index is 12.5. The molecule has 134 valence electrons. The van der Waals surface area contributed by atoms with E-state index in [9.17, 15) is 4.79 Å². The number of halogens is 2. The molecule has 0 bridgehead atoms. The first-order chi connectivity index (χ1) is 12.5. The number of carbonyl (C=O) groups excluding carboxylic acids is 1. The Morgan fingerprint density at radius 3 is 2.88 bits per heavy atom. The highest BCUT2D eigenvalue weighted by Gasteiger charge is 2.35. The molecule has 9 heteroatoms. The van der Waals surface area contributed by atoms with Crippen molar-refractivity contribution in [1.82, 2.24) is 24.7 Å². The van der Waals surface area contributed by atoms with E-state index >= 15 is 0 Å². The molecular formula is C17H16Cl2N6O. The molecule has 0 saturated carbocycles. The Bertz CT molecular complexity index is 969. The maximum Gasteiger partial charge on any atom is 0.227 e. The van der Waals surface area contributed by atoms with E-state index in [1.807, 2.05) is 40.6 Å². The maximum absolute atomic E-state index is 12.5. The van der Waals surface area contributed by atoms with Gasteiger partial charge in [-0.05, 0) is 30.7 Å². The average Bonchev–Trinajstić information content (AvgIpc) is 3.01. The number of pyridine rings is 1. The quantitative estimate of drug-likeness (QED) is 0.693. The van der Waals surface area contributed by atoms with Crippen molar-refractivity contribution in [2.75, 3.05) is 18.0 Å². The number of amides is 1. The lowest BCUT2D eigenvalue weighted by Gasteiger charge is -2.39. The number of nitrogens with zero attached hydrogens (tertiary/aromatic N) is 5. The third kappa shape index (κ3) is 3.08. The van der Waals surface area contributed by atoms with Crippen LogP contribution in [-0.2, 0) is 4.79 Å². The first-order valence-electron chi connectivity index (χ1n) is 8.18. The predicted octanol–water partition coefficient (Wildman–Crippen LogP) is 2.74. The van der Waals surface area contributed by atoms with Crippen LogP contribution in [-0.4, -0.2) is 38.3 Å². The second kappa shape index (κ2) is 6.74. The summed E-state index contributed by atoms with van der Waals surface area (Å²) < 4.78 is 1.97. The number of carbonyl (C=O) groups is 1. The lowest BCUT2D eigenvalue weighted by molar-refractivity contribution is -0.126. The van der Waals surface area contributed by atoms with Crippen LogP contribution in [0.25, 0.3) is 5.65 Å². The zero-order chi connectivity index (χ0) is 18.3. The van der Waals surface area contributed by atoms with Crippen molar-refractivity contribution >= 4 is 40.6 Å². The van der Waals surface area contributed by atoms with Crippen molar-refractivity contribution in [1.29, 1.82) is 0 Å².